The molecule has 1 atom stereocenters. The molecule has 1 heterocycles. The van der Waals surface area contributed by atoms with E-state index in [1.54, 1.807) is 37.3 Å². The lowest BCUT2D eigenvalue weighted by atomic mass is 10.2. The number of amides is 1. The summed E-state index contributed by atoms with van der Waals surface area (Å²) in [5, 5.41) is 11.1. The molecule has 7 heteroatoms. The molecule has 3 aromatic carbocycles. The van der Waals surface area contributed by atoms with Crippen LogP contribution in [0.15, 0.2) is 83.3 Å². The lowest BCUT2D eigenvalue weighted by molar-refractivity contribution is -0.122. The predicted molar refractivity (Wildman–Crippen MR) is 122 cm³/mol. The van der Waals surface area contributed by atoms with Gasteiger partial charge >= 0.3 is 0 Å². The van der Waals surface area contributed by atoms with Gasteiger partial charge in [0.2, 0.25) is 5.89 Å². The van der Waals surface area contributed by atoms with Crippen LogP contribution in [0.4, 0.5) is 5.69 Å². The molecule has 4 rings (SSSR count). The highest BCUT2D eigenvalue weighted by Crippen LogP contribution is 2.31. The second-order valence-electron chi connectivity index (χ2n) is 6.98. The first-order chi connectivity index (χ1) is 15.6. The number of nitrogens with one attached hydrogen (secondary N) is 1. The molecule has 0 aliphatic carbocycles. The molecule has 0 spiro atoms. The number of carbonyl (C=O) groups is 1. The van der Waals surface area contributed by atoms with Gasteiger partial charge < -0.3 is 19.2 Å². The molecule has 162 valence electrons. The van der Waals surface area contributed by atoms with Crippen LogP contribution < -0.4 is 14.8 Å². The third-order valence-electron chi connectivity index (χ3n) is 4.67. The van der Waals surface area contributed by atoms with E-state index in [2.05, 4.69) is 15.5 Å². The molecule has 4 aromatic rings. The highest BCUT2D eigenvalue weighted by atomic mass is 16.5. The Hall–Kier alpha value is -4.13. The van der Waals surface area contributed by atoms with Gasteiger partial charge in [0.25, 0.3) is 11.8 Å². The summed E-state index contributed by atoms with van der Waals surface area (Å²) in [7, 11) is 0. The average molecular weight is 429 g/mol. The molecule has 1 amide bonds. The Morgan fingerprint density at radius 3 is 2.38 bits per heavy atom. The van der Waals surface area contributed by atoms with E-state index in [1.807, 2.05) is 55.5 Å². The van der Waals surface area contributed by atoms with Crippen molar-refractivity contribution in [1.82, 2.24) is 10.2 Å². The van der Waals surface area contributed by atoms with Crippen molar-refractivity contribution in [3.8, 4) is 34.4 Å². The van der Waals surface area contributed by atoms with Gasteiger partial charge in [-0.1, -0.05) is 30.3 Å². The normalized spacial score (nSPS) is 11.6. The minimum atomic E-state index is -0.751. The zero-order valence-electron chi connectivity index (χ0n) is 17.8. The molecule has 0 aliphatic rings. The maximum Gasteiger partial charge on any atom is 0.265 e. The standard InChI is InChI=1S/C25H23N3O4/c1-3-30-20-15-13-19(14-16-20)26-23(29)17(2)31-22-12-8-7-11-21(22)25-28-27-24(32-25)18-9-5-4-6-10-18/h4-17H,3H2,1-2H3,(H,26,29). The van der Waals surface area contributed by atoms with E-state index in [4.69, 9.17) is 13.9 Å². The van der Waals surface area contributed by atoms with Crippen LogP contribution >= 0.6 is 0 Å². The van der Waals surface area contributed by atoms with Crippen molar-refractivity contribution in [2.24, 2.45) is 0 Å². The number of carbonyl (C=O) groups excluding carboxylic acids is 1. The van der Waals surface area contributed by atoms with E-state index < -0.39 is 6.10 Å². The molecular weight excluding hydrogens is 406 g/mol. The van der Waals surface area contributed by atoms with Gasteiger partial charge in [-0.15, -0.1) is 10.2 Å². The first-order valence-electron chi connectivity index (χ1n) is 10.3. The largest absolute Gasteiger partial charge is 0.494 e. The van der Waals surface area contributed by atoms with Crippen LogP contribution in [0, 0.1) is 0 Å². The van der Waals surface area contributed by atoms with Gasteiger partial charge in [-0.3, -0.25) is 4.79 Å². The van der Waals surface area contributed by atoms with Crippen LogP contribution in [-0.4, -0.2) is 28.8 Å². The monoisotopic (exact) mass is 429 g/mol. The van der Waals surface area contributed by atoms with Gasteiger partial charge in [0, 0.05) is 11.3 Å². The molecule has 0 radical (unpaired) electrons. The van der Waals surface area contributed by atoms with Crippen molar-refractivity contribution in [2.45, 2.75) is 20.0 Å². The third-order valence-corrected chi connectivity index (χ3v) is 4.67. The van der Waals surface area contributed by atoms with Crippen molar-refractivity contribution in [1.29, 1.82) is 0 Å². The molecule has 0 saturated heterocycles. The van der Waals surface area contributed by atoms with Gasteiger partial charge in [0.1, 0.15) is 11.5 Å². The zero-order valence-corrected chi connectivity index (χ0v) is 17.8. The summed E-state index contributed by atoms with van der Waals surface area (Å²) < 4.78 is 17.2. The highest BCUT2D eigenvalue weighted by molar-refractivity contribution is 5.94. The van der Waals surface area contributed by atoms with Gasteiger partial charge in [0.05, 0.1) is 12.2 Å². The molecule has 1 aromatic heterocycles. The van der Waals surface area contributed by atoms with Crippen LogP contribution in [0.2, 0.25) is 0 Å². The molecule has 0 aliphatic heterocycles. The number of aromatic nitrogens is 2. The fourth-order valence-corrected chi connectivity index (χ4v) is 3.06. The Balaban J connectivity index is 1.47. The van der Waals surface area contributed by atoms with E-state index in [-0.39, 0.29) is 5.91 Å². The van der Waals surface area contributed by atoms with Crippen LogP contribution in [0.3, 0.4) is 0 Å². The lowest BCUT2D eigenvalue weighted by Crippen LogP contribution is -2.30. The Morgan fingerprint density at radius 2 is 1.62 bits per heavy atom. The van der Waals surface area contributed by atoms with Gasteiger partial charge in [0.15, 0.2) is 6.10 Å². The van der Waals surface area contributed by atoms with E-state index in [0.717, 1.165) is 11.3 Å². The van der Waals surface area contributed by atoms with Crippen molar-refractivity contribution in [2.75, 3.05) is 11.9 Å². The van der Waals surface area contributed by atoms with E-state index in [9.17, 15) is 4.79 Å². The maximum atomic E-state index is 12.6. The Kier molecular flexibility index (Phi) is 6.46. The van der Waals surface area contributed by atoms with Crippen molar-refractivity contribution in [3.05, 3.63) is 78.9 Å². The first-order valence-corrected chi connectivity index (χ1v) is 10.3. The number of benzene rings is 3. The second kappa shape index (κ2) is 9.78. The topological polar surface area (TPSA) is 86.5 Å². The minimum Gasteiger partial charge on any atom is -0.494 e. The molecule has 7 nitrogen and oxygen atoms in total. The lowest BCUT2D eigenvalue weighted by Gasteiger charge is -2.16. The summed E-state index contributed by atoms with van der Waals surface area (Å²) in [5.74, 6) is 1.68. The summed E-state index contributed by atoms with van der Waals surface area (Å²) in [5.41, 5.74) is 2.10. The van der Waals surface area contributed by atoms with Crippen LogP contribution in [0.1, 0.15) is 13.8 Å². The van der Waals surface area contributed by atoms with Gasteiger partial charge in [-0.25, -0.2) is 0 Å². The highest BCUT2D eigenvalue weighted by Gasteiger charge is 2.20. The van der Waals surface area contributed by atoms with E-state index >= 15 is 0 Å². The number of ether oxygens (including phenoxy) is 2. The molecule has 1 N–H and O–H groups in total. The quantitative estimate of drug-likeness (QED) is 0.414. The zero-order chi connectivity index (χ0) is 22.3. The summed E-state index contributed by atoms with van der Waals surface area (Å²) in [4.78, 5) is 12.6. The molecule has 0 bridgehead atoms. The van der Waals surface area contributed by atoms with Gasteiger partial charge in [-0.05, 0) is 62.4 Å². The number of rotatable bonds is 8. The second-order valence-corrected chi connectivity index (χ2v) is 6.98. The van der Waals surface area contributed by atoms with Crippen molar-refractivity contribution < 1.29 is 18.7 Å². The fourth-order valence-electron chi connectivity index (χ4n) is 3.06. The smallest absolute Gasteiger partial charge is 0.265 e. The summed E-state index contributed by atoms with van der Waals surface area (Å²) in [6.45, 7) is 4.19. The average Bonchev–Trinajstić information content (AvgIpc) is 3.31. The van der Waals surface area contributed by atoms with Crippen LogP contribution in [-0.2, 0) is 4.79 Å². The van der Waals surface area contributed by atoms with Gasteiger partial charge in [-0.2, -0.15) is 0 Å². The minimum absolute atomic E-state index is 0.278. The third kappa shape index (κ3) is 4.95. The van der Waals surface area contributed by atoms with Crippen LogP contribution in [0.5, 0.6) is 11.5 Å². The SMILES string of the molecule is CCOc1ccc(NC(=O)C(C)Oc2ccccc2-c2nnc(-c3ccccc3)o2)cc1. The Bertz CT molecular complexity index is 1170. The summed E-state index contributed by atoms with van der Waals surface area (Å²) >= 11 is 0. The first kappa shape index (κ1) is 21.1. The van der Waals surface area contributed by atoms with Crippen molar-refractivity contribution in [3.63, 3.8) is 0 Å². The number of hydrogen-bond acceptors (Lipinski definition) is 6. The molecule has 1 unspecified atom stereocenters. The fraction of sp³-hybridized carbons (Fsp3) is 0.160. The summed E-state index contributed by atoms with van der Waals surface area (Å²) in [6, 6.07) is 24.0. The van der Waals surface area contributed by atoms with E-state index in [0.29, 0.717) is 35.4 Å². The molecule has 32 heavy (non-hydrogen) atoms. The Morgan fingerprint density at radius 1 is 0.938 bits per heavy atom. The number of para-hydroxylation sites is 1. The van der Waals surface area contributed by atoms with Crippen molar-refractivity contribution >= 4 is 11.6 Å². The summed E-state index contributed by atoms with van der Waals surface area (Å²) in [6.07, 6.45) is -0.751. The Labute approximate surface area is 186 Å². The number of hydrogen-bond donors (Lipinski definition) is 1. The number of nitrogens with zero attached hydrogens (tertiary/aromatic N) is 2. The maximum absolute atomic E-state index is 12.6. The molecular formula is C25H23N3O4. The molecule has 0 saturated carbocycles. The van der Waals surface area contributed by atoms with E-state index in [1.165, 1.54) is 0 Å². The number of anilines is 1. The van der Waals surface area contributed by atoms with Crippen LogP contribution in [0.25, 0.3) is 22.9 Å². The predicted octanol–water partition coefficient (Wildman–Crippen LogP) is 5.21. The molecule has 0 fully saturated rings.